The summed E-state index contributed by atoms with van der Waals surface area (Å²) in [5.41, 5.74) is 6.66. The van der Waals surface area contributed by atoms with Gasteiger partial charge >= 0.3 is 0 Å². The van der Waals surface area contributed by atoms with Crippen LogP contribution in [0.2, 0.25) is 0 Å². The summed E-state index contributed by atoms with van der Waals surface area (Å²) < 4.78 is 0. The molecule has 22 heavy (non-hydrogen) atoms. The number of anilines is 1. The number of rotatable bonds is 3. The third kappa shape index (κ3) is 2.37. The van der Waals surface area contributed by atoms with E-state index in [-0.39, 0.29) is 0 Å². The van der Waals surface area contributed by atoms with Gasteiger partial charge in [0, 0.05) is 19.3 Å². The summed E-state index contributed by atoms with van der Waals surface area (Å²) in [6.07, 6.45) is 5.00. The maximum absolute atomic E-state index is 4.29. The molecule has 2 heteroatoms. The Morgan fingerprint density at radius 1 is 0.909 bits per heavy atom. The minimum atomic E-state index is 0.934. The van der Waals surface area contributed by atoms with Gasteiger partial charge in [0.05, 0.1) is 11.9 Å². The molecule has 1 aromatic heterocycles. The van der Waals surface area contributed by atoms with Crippen molar-refractivity contribution in [1.29, 1.82) is 0 Å². The molecule has 0 aliphatic carbocycles. The van der Waals surface area contributed by atoms with Crippen molar-refractivity contribution in [1.82, 2.24) is 4.98 Å². The lowest BCUT2D eigenvalue weighted by atomic mass is 9.99. The van der Waals surface area contributed by atoms with Crippen LogP contribution in [0.4, 0.5) is 5.69 Å². The smallest absolute Gasteiger partial charge is 0.0589 e. The van der Waals surface area contributed by atoms with Gasteiger partial charge in [0.1, 0.15) is 0 Å². The maximum Gasteiger partial charge on any atom is 0.0589 e. The molecule has 0 amide bonds. The lowest BCUT2D eigenvalue weighted by Crippen LogP contribution is -2.20. The van der Waals surface area contributed by atoms with Crippen LogP contribution in [0.5, 0.6) is 0 Å². The van der Waals surface area contributed by atoms with Gasteiger partial charge < -0.3 is 4.90 Å². The molecule has 0 spiro atoms. The molecule has 0 atom stereocenters. The van der Waals surface area contributed by atoms with Crippen LogP contribution in [0.1, 0.15) is 11.1 Å². The van der Waals surface area contributed by atoms with E-state index in [9.17, 15) is 0 Å². The normalized spacial score (nSPS) is 13.2. The first-order chi connectivity index (χ1) is 10.9. The Morgan fingerprint density at radius 3 is 2.64 bits per heavy atom. The molecule has 2 nitrogen and oxygen atoms in total. The summed E-state index contributed by atoms with van der Waals surface area (Å²) in [5.74, 6) is 0. The van der Waals surface area contributed by atoms with Crippen molar-refractivity contribution in [2.75, 3.05) is 11.4 Å². The van der Waals surface area contributed by atoms with E-state index in [0.717, 1.165) is 19.5 Å². The Balaban J connectivity index is 1.68. The average molecular weight is 286 g/mol. The quantitative estimate of drug-likeness (QED) is 0.713. The van der Waals surface area contributed by atoms with E-state index < -0.39 is 0 Å². The number of hydrogen-bond donors (Lipinski definition) is 0. The van der Waals surface area contributed by atoms with Crippen molar-refractivity contribution in [3.05, 3.63) is 84.2 Å². The summed E-state index contributed by atoms with van der Waals surface area (Å²) in [5, 5.41) is 0. The van der Waals surface area contributed by atoms with Crippen LogP contribution in [0.25, 0.3) is 11.1 Å². The van der Waals surface area contributed by atoms with E-state index in [0.29, 0.717) is 0 Å². The summed E-state index contributed by atoms with van der Waals surface area (Å²) in [7, 11) is 0. The summed E-state index contributed by atoms with van der Waals surface area (Å²) >= 11 is 0. The van der Waals surface area contributed by atoms with Gasteiger partial charge in [0.25, 0.3) is 0 Å². The Morgan fingerprint density at radius 2 is 1.73 bits per heavy atom. The third-order valence-electron chi connectivity index (χ3n) is 4.34. The Kier molecular flexibility index (Phi) is 3.36. The van der Waals surface area contributed by atoms with Gasteiger partial charge in [-0.1, -0.05) is 54.6 Å². The number of fused-ring (bicyclic) bond motifs is 1. The first kappa shape index (κ1) is 13.1. The van der Waals surface area contributed by atoms with E-state index in [2.05, 4.69) is 70.5 Å². The van der Waals surface area contributed by atoms with E-state index in [1.165, 1.54) is 27.9 Å². The lowest BCUT2D eigenvalue weighted by Gasteiger charge is -2.21. The zero-order valence-corrected chi connectivity index (χ0v) is 12.4. The monoisotopic (exact) mass is 286 g/mol. The SMILES string of the molecule is c1ccc(-c2ccccc2CN2CCc3ccncc32)cc1. The fourth-order valence-electron chi connectivity index (χ4n) is 3.21. The molecule has 108 valence electrons. The highest BCUT2D eigenvalue weighted by Crippen LogP contribution is 2.31. The Labute approximate surface area is 131 Å². The van der Waals surface area contributed by atoms with Crippen LogP contribution in [0.3, 0.4) is 0 Å². The second-order valence-corrected chi connectivity index (χ2v) is 5.70. The number of nitrogens with zero attached hydrogens (tertiary/aromatic N) is 2. The standard InChI is InChI=1S/C20H18N2/c1-2-6-16(7-3-1)19-9-5-4-8-18(19)15-22-13-11-17-10-12-21-14-20(17)22/h1-10,12,14H,11,13,15H2. The molecule has 1 aliphatic rings. The predicted octanol–water partition coefficient (Wildman–Crippen LogP) is 4.31. The van der Waals surface area contributed by atoms with Crippen molar-refractivity contribution in [3.63, 3.8) is 0 Å². The largest absolute Gasteiger partial charge is 0.365 e. The molecule has 0 fully saturated rings. The highest BCUT2D eigenvalue weighted by molar-refractivity contribution is 5.68. The zero-order valence-electron chi connectivity index (χ0n) is 12.4. The molecule has 4 rings (SSSR count). The number of benzene rings is 2. The average Bonchev–Trinajstić information content (AvgIpc) is 2.99. The van der Waals surface area contributed by atoms with Gasteiger partial charge in [-0.15, -0.1) is 0 Å². The van der Waals surface area contributed by atoms with E-state index in [1.807, 2.05) is 12.4 Å². The van der Waals surface area contributed by atoms with Crippen LogP contribution in [0, 0.1) is 0 Å². The first-order valence-electron chi connectivity index (χ1n) is 7.73. The summed E-state index contributed by atoms with van der Waals surface area (Å²) in [4.78, 5) is 6.72. The second kappa shape index (κ2) is 5.64. The minimum absolute atomic E-state index is 0.934. The molecular weight excluding hydrogens is 268 g/mol. The number of pyridine rings is 1. The van der Waals surface area contributed by atoms with Crippen molar-refractivity contribution >= 4 is 5.69 Å². The Hall–Kier alpha value is -2.61. The fraction of sp³-hybridized carbons (Fsp3) is 0.150. The molecule has 1 aliphatic heterocycles. The van der Waals surface area contributed by atoms with Gasteiger partial charge in [-0.2, -0.15) is 0 Å². The van der Waals surface area contributed by atoms with Gasteiger partial charge in [0.15, 0.2) is 0 Å². The van der Waals surface area contributed by atoms with E-state index >= 15 is 0 Å². The maximum atomic E-state index is 4.29. The molecule has 2 heterocycles. The van der Waals surface area contributed by atoms with Crippen LogP contribution in [-0.2, 0) is 13.0 Å². The molecule has 0 radical (unpaired) electrons. The fourth-order valence-corrected chi connectivity index (χ4v) is 3.21. The van der Waals surface area contributed by atoms with Crippen molar-refractivity contribution in [2.24, 2.45) is 0 Å². The second-order valence-electron chi connectivity index (χ2n) is 5.70. The Bertz CT molecular complexity index is 780. The highest BCUT2D eigenvalue weighted by Gasteiger charge is 2.19. The molecule has 0 unspecified atom stereocenters. The number of aromatic nitrogens is 1. The van der Waals surface area contributed by atoms with E-state index in [4.69, 9.17) is 0 Å². The van der Waals surface area contributed by atoms with Crippen LogP contribution in [0.15, 0.2) is 73.1 Å². The van der Waals surface area contributed by atoms with E-state index in [1.54, 1.807) is 0 Å². The van der Waals surface area contributed by atoms with Crippen molar-refractivity contribution in [2.45, 2.75) is 13.0 Å². The highest BCUT2D eigenvalue weighted by atomic mass is 15.1. The lowest BCUT2D eigenvalue weighted by molar-refractivity contribution is 0.836. The third-order valence-corrected chi connectivity index (χ3v) is 4.34. The summed E-state index contributed by atoms with van der Waals surface area (Å²) in [6.45, 7) is 2.01. The van der Waals surface area contributed by atoms with Crippen LogP contribution < -0.4 is 4.90 Å². The molecule has 0 bridgehead atoms. The van der Waals surface area contributed by atoms with Gasteiger partial charge in [-0.05, 0) is 34.7 Å². The number of hydrogen-bond acceptors (Lipinski definition) is 2. The predicted molar refractivity (Wildman–Crippen MR) is 90.9 cm³/mol. The molecule has 0 N–H and O–H groups in total. The van der Waals surface area contributed by atoms with Gasteiger partial charge in [0.2, 0.25) is 0 Å². The molecule has 0 saturated heterocycles. The summed E-state index contributed by atoms with van der Waals surface area (Å²) in [6, 6.07) is 21.4. The molecule has 0 saturated carbocycles. The molecular formula is C20H18N2. The molecule has 2 aromatic carbocycles. The zero-order chi connectivity index (χ0) is 14.8. The van der Waals surface area contributed by atoms with Crippen LogP contribution in [-0.4, -0.2) is 11.5 Å². The topological polar surface area (TPSA) is 16.1 Å². The molecule has 3 aromatic rings. The van der Waals surface area contributed by atoms with Crippen LogP contribution >= 0.6 is 0 Å². The first-order valence-corrected chi connectivity index (χ1v) is 7.73. The van der Waals surface area contributed by atoms with Crippen molar-refractivity contribution < 1.29 is 0 Å². The van der Waals surface area contributed by atoms with Gasteiger partial charge in [-0.3, -0.25) is 4.98 Å². The van der Waals surface area contributed by atoms with Gasteiger partial charge in [-0.25, -0.2) is 0 Å². The minimum Gasteiger partial charge on any atom is -0.365 e. The van der Waals surface area contributed by atoms with Crippen molar-refractivity contribution in [3.8, 4) is 11.1 Å².